The summed E-state index contributed by atoms with van der Waals surface area (Å²) in [6.45, 7) is 8.46. The molecule has 0 bridgehead atoms. The van der Waals surface area contributed by atoms with Gasteiger partial charge in [-0.2, -0.15) is 5.10 Å². The molecule has 1 heterocycles. The van der Waals surface area contributed by atoms with E-state index in [-0.39, 0.29) is 29.9 Å². The van der Waals surface area contributed by atoms with Gasteiger partial charge in [0, 0.05) is 44.5 Å². The molecule has 0 saturated heterocycles. The lowest BCUT2D eigenvalue weighted by atomic mass is 10.2. The van der Waals surface area contributed by atoms with Crippen LogP contribution >= 0.6 is 24.0 Å². The number of anilines is 1. The lowest BCUT2D eigenvalue weighted by molar-refractivity contribution is -0.116. The van der Waals surface area contributed by atoms with Crippen LogP contribution in [0.5, 0.6) is 0 Å². The first kappa shape index (κ1) is 24.9. The summed E-state index contributed by atoms with van der Waals surface area (Å²) in [5, 5.41) is 14.0. The average Bonchev–Trinajstić information content (AvgIpc) is 2.99. The highest BCUT2D eigenvalue weighted by atomic mass is 127. The Kier molecular flexibility index (Phi) is 11.3. The van der Waals surface area contributed by atoms with Crippen LogP contribution in [0.4, 0.5) is 5.69 Å². The number of hydrogen-bond acceptors (Lipinski definition) is 3. The third-order valence-electron chi connectivity index (χ3n) is 4.34. The van der Waals surface area contributed by atoms with Crippen molar-refractivity contribution in [2.45, 2.75) is 53.1 Å². The number of halogens is 1. The van der Waals surface area contributed by atoms with Crippen molar-refractivity contribution in [3.63, 3.8) is 0 Å². The minimum absolute atomic E-state index is 0. The molecule has 0 aliphatic rings. The molecular formula is C21H33IN6O. The van der Waals surface area contributed by atoms with Crippen LogP contribution in [0.3, 0.4) is 0 Å². The second kappa shape index (κ2) is 13.2. The maximum absolute atomic E-state index is 11.6. The second-order valence-corrected chi connectivity index (χ2v) is 6.85. The molecule has 0 aliphatic carbocycles. The molecule has 0 aliphatic heterocycles. The maximum Gasteiger partial charge on any atom is 0.224 e. The molecule has 0 atom stereocenters. The van der Waals surface area contributed by atoms with Gasteiger partial charge in [0.15, 0.2) is 5.96 Å². The summed E-state index contributed by atoms with van der Waals surface area (Å²) in [6.07, 6.45) is 2.36. The first-order valence-corrected chi connectivity index (χ1v) is 9.86. The van der Waals surface area contributed by atoms with Gasteiger partial charge in [-0.1, -0.05) is 19.1 Å². The molecule has 1 amide bonds. The number of nitrogens with one attached hydrogen (secondary N) is 3. The molecule has 160 valence electrons. The van der Waals surface area contributed by atoms with Crippen molar-refractivity contribution in [2.24, 2.45) is 4.99 Å². The fourth-order valence-corrected chi connectivity index (χ4v) is 2.90. The van der Waals surface area contributed by atoms with Crippen LogP contribution in [0.25, 0.3) is 0 Å². The minimum Gasteiger partial charge on any atom is -0.356 e. The van der Waals surface area contributed by atoms with Crippen molar-refractivity contribution in [3.8, 4) is 0 Å². The van der Waals surface area contributed by atoms with Gasteiger partial charge in [-0.25, -0.2) is 0 Å². The van der Waals surface area contributed by atoms with E-state index in [0.29, 0.717) is 13.0 Å². The monoisotopic (exact) mass is 512 g/mol. The Bertz CT molecular complexity index is 785. The largest absolute Gasteiger partial charge is 0.356 e. The zero-order valence-corrected chi connectivity index (χ0v) is 20.1. The number of hydrogen-bond donors (Lipinski definition) is 3. The van der Waals surface area contributed by atoms with Crippen LogP contribution in [-0.2, 0) is 17.9 Å². The van der Waals surface area contributed by atoms with E-state index >= 15 is 0 Å². The molecule has 29 heavy (non-hydrogen) atoms. The predicted molar refractivity (Wildman–Crippen MR) is 130 cm³/mol. The summed E-state index contributed by atoms with van der Waals surface area (Å²) in [5.41, 5.74) is 4.20. The van der Waals surface area contributed by atoms with Gasteiger partial charge in [0.2, 0.25) is 5.91 Å². The molecule has 0 spiro atoms. The summed E-state index contributed by atoms with van der Waals surface area (Å²) in [4.78, 5) is 15.9. The first-order valence-electron chi connectivity index (χ1n) is 9.86. The van der Waals surface area contributed by atoms with Crippen molar-refractivity contribution in [1.82, 2.24) is 20.4 Å². The normalized spacial score (nSPS) is 11.0. The highest BCUT2D eigenvalue weighted by Gasteiger charge is 2.03. The maximum atomic E-state index is 11.6. The molecule has 1 aromatic carbocycles. The minimum atomic E-state index is 0. The number of amides is 1. The third-order valence-corrected chi connectivity index (χ3v) is 4.34. The van der Waals surface area contributed by atoms with Crippen molar-refractivity contribution in [2.75, 3.05) is 18.9 Å². The molecule has 0 radical (unpaired) electrons. The van der Waals surface area contributed by atoms with Crippen LogP contribution in [0.2, 0.25) is 0 Å². The number of aromatic nitrogens is 2. The van der Waals surface area contributed by atoms with Gasteiger partial charge in [-0.3, -0.25) is 14.5 Å². The zero-order valence-electron chi connectivity index (χ0n) is 17.8. The molecular weight excluding hydrogens is 479 g/mol. The Balaban J connectivity index is 0.00000420. The van der Waals surface area contributed by atoms with E-state index in [1.165, 1.54) is 5.69 Å². The Morgan fingerprint density at radius 2 is 1.90 bits per heavy atom. The van der Waals surface area contributed by atoms with Gasteiger partial charge in [-0.05, 0) is 50.5 Å². The number of aryl methyl sites for hydroxylation is 3. The topological polar surface area (TPSA) is 83.3 Å². The quantitative estimate of drug-likeness (QED) is 0.208. The van der Waals surface area contributed by atoms with Crippen molar-refractivity contribution < 1.29 is 4.79 Å². The standard InChI is InChI=1S/C21H32N6O.HI/c1-5-7-20(28)25-19-10-8-18(9-11-19)15-24-21(22-4)23-12-6-13-27-17(3)14-16(2)26-27;/h8-11,14H,5-7,12-13,15H2,1-4H3,(H,25,28)(H2,22,23,24);1H. The van der Waals surface area contributed by atoms with Gasteiger partial charge in [0.1, 0.15) is 0 Å². The molecule has 3 N–H and O–H groups in total. The molecule has 1 aromatic heterocycles. The third kappa shape index (κ3) is 8.84. The van der Waals surface area contributed by atoms with Gasteiger partial charge in [0.25, 0.3) is 0 Å². The average molecular weight is 512 g/mol. The molecule has 8 heteroatoms. The highest BCUT2D eigenvalue weighted by Crippen LogP contribution is 2.10. The van der Waals surface area contributed by atoms with Gasteiger partial charge < -0.3 is 16.0 Å². The smallest absolute Gasteiger partial charge is 0.224 e. The van der Waals surface area contributed by atoms with Gasteiger partial charge in [0.05, 0.1) is 5.69 Å². The molecule has 0 saturated carbocycles. The number of carbonyl (C=O) groups excluding carboxylic acids is 1. The summed E-state index contributed by atoms with van der Waals surface area (Å²) in [7, 11) is 1.77. The number of rotatable bonds is 9. The number of carbonyl (C=O) groups is 1. The molecule has 0 fully saturated rings. The van der Waals surface area contributed by atoms with Crippen molar-refractivity contribution >= 4 is 41.5 Å². The summed E-state index contributed by atoms with van der Waals surface area (Å²) >= 11 is 0. The SMILES string of the molecule is CCCC(=O)Nc1ccc(CNC(=NC)NCCCn2nc(C)cc2C)cc1.I. The second-order valence-electron chi connectivity index (χ2n) is 6.85. The van der Waals surface area contributed by atoms with Crippen LogP contribution in [-0.4, -0.2) is 35.2 Å². The molecule has 7 nitrogen and oxygen atoms in total. The van der Waals surface area contributed by atoms with Crippen LogP contribution in [0.1, 0.15) is 43.1 Å². The number of aliphatic imine (C=N–C) groups is 1. The molecule has 2 aromatic rings. The van der Waals surface area contributed by atoms with Crippen LogP contribution in [0, 0.1) is 13.8 Å². The molecule has 2 rings (SSSR count). The number of nitrogens with zero attached hydrogens (tertiary/aromatic N) is 3. The fourth-order valence-electron chi connectivity index (χ4n) is 2.90. The number of guanidine groups is 1. The Morgan fingerprint density at radius 1 is 1.17 bits per heavy atom. The summed E-state index contributed by atoms with van der Waals surface area (Å²) in [5.74, 6) is 0.826. The summed E-state index contributed by atoms with van der Waals surface area (Å²) < 4.78 is 2.04. The van der Waals surface area contributed by atoms with Crippen LogP contribution in [0.15, 0.2) is 35.3 Å². The van der Waals surface area contributed by atoms with Gasteiger partial charge >= 0.3 is 0 Å². The highest BCUT2D eigenvalue weighted by molar-refractivity contribution is 14.0. The lowest BCUT2D eigenvalue weighted by Crippen LogP contribution is -2.37. The Labute approximate surface area is 190 Å². The Morgan fingerprint density at radius 3 is 2.48 bits per heavy atom. The van der Waals surface area contributed by atoms with Crippen LogP contribution < -0.4 is 16.0 Å². The number of benzene rings is 1. The fraction of sp³-hybridized carbons (Fsp3) is 0.476. The molecule has 0 unspecified atom stereocenters. The van der Waals surface area contributed by atoms with Crippen molar-refractivity contribution in [1.29, 1.82) is 0 Å². The van der Waals surface area contributed by atoms with Gasteiger partial charge in [-0.15, -0.1) is 24.0 Å². The lowest BCUT2D eigenvalue weighted by Gasteiger charge is -2.13. The predicted octanol–water partition coefficient (Wildman–Crippen LogP) is 3.61. The van der Waals surface area contributed by atoms with E-state index in [2.05, 4.69) is 39.0 Å². The Hall–Kier alpha value is -2.10. The van der Waals surface area contributed by atoms with E-state index in [0.717, 1.165) is 48.8 Å². The van der Waals surface area contributed by atoms with Crippen molar-refractivity contribution in [3.05, 3.63) is 47.3 Å². The van der Waals surface area contributed by atoms with E-state index in [1.54, 1.807) is 7.05 Å². The first-order chi connectivity index (χ1) is 13.5. The van der Waals surface area contributed by atoms with E-state index in [9.17, 15) is 4.79 Å². The van der Waals surface area contributed by atoms with E-state index in [4.69, 9.17) is 0 Å². The summed E-state index contributed by atoms with van der Waals surface area (Å²) in [6, 6.07) is 9.95. The zero-order chi connectivity index (χ0) is 20.4. The van der Waals surface area contributed by atoms with E-state index in [1.807, 2.05) is 42.8 Å². The van der Waals surface area contributed by atoms with E-state index < -0.39 is 0 Å².